The Morgan fingerprint density at radius 1 is 0.924 bits per heavy atom. The van der Waals surface area contributed by atoms with Gasteiger partial charge in [0.25, 0.3) is 0 Å². The Kier molecular flexibility index (Phi) is 11.7. The lowest BCUT2D eigenvalue weighted by molar-refractivity contribution is -0.00236. The van der Waals surface area contributed by atoms with Gasteiger partial charge in [-0.25, -0.2) is 0 Å². The second-order valence-electron chi connectivity index (χ2n) is 19.7. The molecular weight excluding hydrogens is 827 g/mol. The molecular formula is C56H61N3O7. The Labute approximate surface area is 387 Å². The molecule has 10 heteroatoms. The highest BCUT2D eigenvalue weighted by Gasteiger charge is 2.48. The number of dihydropyridines is 1. The molecule has 7 aliphatic rings. The summed E-state index contributed by atoms with van der Waals surface area (Å²) in [6.45, 7) is 1.67. The predicted molar refractivity (Wildman–Crippen MR) is 255 cm³/mol. The summed E-state index contributed by atoms with van der Waals surface area (Å²) >= 11 is 0. The Morgan fingerprint density at radius 2 is 1.80 bits per heavy atom. The van der Waals surface area contributed by atoms with Crippen molar-refractivity contribution in [2.45, 2.75) is 114 Å². The van der Waals surface area contributed by atoms with Crippen molar-refractivity contribution >= 4 is 16.6 Å². The van der Waals surface area contributed by atoms with E-state index in [9.17, 15) is 20.4 Å². The van der Waals surface area contributed by atoms with Crippen LogP contribution in [-0.4, -0.2) is 63.2 Å². The molecule has 0 radical (unpaired) electrons. The lowest BCUT2D eigenvalue weighted by Gasteiger charge is -2.49. The minimum absolute atomic E-state index is 0.0245. The van der Waals surface area contributed by atoms with Crippen LogP contribution in [0.3, 0.4) is 0 Å². The molecule has 6 heterocycles. The minimum atomic E-state index is -0.638. The molecule has 7 atom stereocenters. The maximum Gasteiger partial charge on any atom is 0.164 e. The highest BCUT2D eigenvalue weighted by molar-refractivity contribution is 5.88. The molecule has 8 bridgehead atoms. The van der Waals surface area contributed by atoms with E-state index in [-0.39, 0.29) is 54.7 Å². The van der Waals surface area contributed by atoms with Gasteiger partial charge in [0.2, 0.25) is 0 Å². The van der Waals surface area contributed by atoms with Gasteiger partial charge in [0, 0.05) is 57.8 Å². The number of aliphatic hydroxyl groups excluding tert-OH is 2. The van der Waals surface area contributed by atoms with E-state index in [1.54, 1.807) is 18.2 Å². The topological polar surface area (TPSA) is 152 Å². The van der Waals surface area contributed by atoms with E-state index < -0.39 is 12.3 Å². The zero-order valence-corrected chi connectivity index (χ0v) is 37.6. The molecule has 5 aromatic rings. The van der Waals surface area contributed by atoms with Gasteiger partial charge < -0.3 is 50.3 Å². The van der Waals surface area contributed by atoms with Crippen molar-refractivity contribution in [3.63, 3.8) is 0 Å². The van der Waals surface area contributed by atoms with Crippen LogP contribution >= 0.6 is 0 Å². The molecule has 342 valence electrons. The molecule has 7 N–H and O–H groups in total. The van der Waals surface area contributed by atoms with E-state index >= 15 is 0 Å². The fraction of sp³-hybridized carbons (Fsp3) is 0.429. The van der Waals surface area contributed by atoms with Crippen LogP contribution in [0.1, 0.15) is 95.9 Å². The SMILES string of the molecule is NC1C=C2C#C[C@@H](CCc3ccc(O)cc3)CCC[C@H]3C[C@H](O)[C@@H]4CCc5c(c(CO)cc(O)c5OCc5cc([C@]67CCOC[C@@H]6CCc6ccccc67)cc6cn(cc56)C(=C2CO3)N1)C4. The lowest BCUT2D eigenvalue weighted by atomic mass is 9.57. The normalized spacial score (nSPS) is 27.3. The number of rotatable bonds is 5. The number of nitrogens with zero attached hydrogens (tertiary/aromatic N) is 1. The number of ether oxygens (including phenoxy) is 3. The van der Waals surface area contributed by atoms with Crippen LogP contribution in [0.25, 0.3) is 16.6 Å². The third kappa shape index (κ3) is 7.99. The summed E-state index contributed by atoms with van der Waals surface area (Å²) < 4.78 is 22.2. The first-order valence-corrected chi connectivity index (χ1v) is 24.2. The first-order valence-electron chi connectivity index (χ1n) is 24.2. The molecule has 66 heavy (non-hydrogen) atoms. The van der Waals surface area contributed by atoms with Gasteiger partial charge in [-0.3, -0.25) is 0 Å². The van der Waals surface area contributed by atoms with Crippen molar-refractivity contribution in [2.75, 3.05) is 19.8 Å². The lowest BCUT2D eigenvalue weighted by Crippen LogP contribution is -2.47. The molecule has 1 fully saturated rings. The van der Waals surface area contributed by atoms with Crippen molar-refractivity contribution in [1.82, 2.24) is 9.88 Å². The number of aliphatic hydroxyl groups is 2. The molecule has 1 saturated heterocycles. The number of fused-ring (bicyclic) bond motifs is 6. The van der Waals surface area contributed by atoms with Gasteiger partial charge in [0.15, 0.2) is 11.5 Å². The summed E-state index contributed by atoms with van der Waals surface area (Å²) in [7, 11) is 0. The van der Waals surface area contributed by atoms with Crippen LogP contribution in [0, 0.1) is 29.6 Å². The van der Waals surface area contributed by atoms with E-state index in [2.05, 4.69) is 70.5 Å². The van der Waals surface area contributed by atoms with Gasteiger partial charge in [0.05, 0.1) is 38.2 Å². The Hall–Kier alpha value is -5.54. The average molecular weight is 888 g/mol. The number of hydrogen-bond acceptors (Lipinski definition) is 9. The number of hydrogen-bond donors (Lipinski definition) is 6. The van der Waals surface area contributed by atoms with Crippen molar-refractivity contribution in [3.8, 4) is 29.1 Å². The summed E-state index contributed by atoms with van der Waals surface area (Å²) in [6.07, 6.45) is 14.6. The fourth-order valence-corrected chi connectivity index (χ4v) is 12.3. The number of aryl methyl sites for hydroxylation is 2. The fourth-order valence-electron chi connectivity index (χ4n) is 12.3. The van der Waals surface area contributed by atoms with E-state index in [4.69, 9.17) is 19.9 Å². The smallest absolute Gasteiger partial charge is 0.164 e. The zero-order valence-electron chi connectivity index (χ0n) is 37.6. The van der Waals surface area contributed by atoms with Crippen molar-refractivity contribution in [1.29, 1.82) is 0 Å². The van der Waals surface area contributed by atoms with Gasteiger partial charge in [-0.15, -0.1) is 0 Å². The van der Waals surface area contributed by atoms with E-state index in [0.717, 1.165) is 108 Å². The van der Waals surface area contributed by atoms with Crippen molar-refractivity contribution < 1.29 is 34.6 Å². The van der Waals surface area contributed by atoms with Gasteiger partial charge in [-0.05, 0) is 158 Å². The summed E-state index contributed by atoms with van der Waals surface area (Å²) in [5.74, 6) is 9.22. The predicted octanol–water partition coefficient (Wildman–Crippen LogP) is 8.07. The van der Waals surface area contributed by atoms with Crippen LogP contribution in [0.5, 0.6) is 17.2 Å². The van der Waals surface area contributed by atoms with E-state index in [0.29, 0.717) is 49.7 Å². The summed E-state index contributed by atoms with van der Waals surface area (Å²) in [6, 6.07) is 22.8. The third-order valence-corrected chi connectivity index (χ3v) is 15.9. The molecule has 5 aliphatic heterocycles. The number of phenols is 2. The van der Waals surface area contributed by atoms with Gasteiger partial charge in [-0.2, -0.15) is 0 Å². The number of nitrogens with one attached hydrogen (secondary N) is 1. The number of aromatic nitrogens is 1. The number of nitrogens with two attached hydrogens (primary N) is 1. The van der Waals surface area contributed by atoms with Crippen LogP contribution < -0.4 is 15.8 Å². The largest absolute Gasteiger partial charge is 0.508 e. The molecule has 0 amide bonds. The summed E-state index contributed by atoms with van der Waals surface area (Å²) in [5, 5.41) is 49.9. The van der Waals surface area contributed by atoms with Crippen LogP contribution in [-0.2, 0) is 53.8 Å². The molecule has 0 saturated carbocycles. The highest BCUT2D eigenvalue weighted by atomic mass is 16.5. The number of benzene rings is 4. The maximum absolute atomic E-state index is 12.1. The Morgan fingerprint density at radius 3 is 2.68 bits per heavy atom. The molecule has 2 aliphatic carbocycles. The standard InChI is InChI=1S/C56H61N3O7/c57-53-26-37-13-10-34(8-9-35-11-17-44(61)18-12-35)4-3-6-45-27-51(62)38-15-19-46-47(24-38)40(30-60)25-52(63)54(46)66-31-41-23-43(22-39-28-59(29-48(39)41)55(58-53)49(37)33-65-45)56-20-21-64-32-42(56)16-14-36-5-1-2-7-50(36)56/h1-2,5,7,11-12,17-18,22-23,25-26,28-29,34,38,42,45,51,53,58,60-63H,3-4,6,8-9,14-16,19-21,24,27,30-33,57H2/t34-,38-,42+,45+,51+,53?,56+/m1/s1. The van der Waals surface area contributed by atoms with Crippen LogP contribution in [0.2, 0.25) is 0 Å². The van der Waals surface area contributed by atoms with Crippen molar-refractivity contribution in [2.24, 2.45) is 23.5 Å². The van der Waals surface area contributed by atoms with Gasteiger partial charge in [-0.1, -0.05) is 54.3 Å². The van der Waals surface area contributed by atoms with Crippen LogP contribution in [0.4, 0.5) is 0 Å². The van der Waals surface area contributed by atoms with E-state index in [1.807, 2.05) is 18.2 Å². The summed E-state index contributed by atoms with van der Waals surface area (Å²) in [5.41, 5.74) is 17.1. The summed E-state index contributed by atoms with van der Waals surface area (Å²) in [4.78, 5) is 0. The molecule has 0 spiro atoms. The van der Waals surface area contributed by atoms with Crippen LogP contribution in [0.15, 0.2) is 96.3 Å². The second kappa shape index (κ2) is 17.9. The Bertz CT molecular complexity index is 2780. The first-order chi connectivity index (χ1) is 32.2. The first kappa shape index (κ1) is 43.1. The molecule has 1 aromatic heterocycles. The number of phenolic OH excluding ortho intramolecular Hbond substituents is 2. The highest BCUT2D eigenvalue weighted by Crippen LogP contribution is 2.52. The van der Waals surface area contributed by atoms with Gasteiger partial charge >= 0.3 is 0 Å². The Balaban J connectivity index is 1.08. The molecule has 1 unspecified atom stereocenters. The average Bonchev–Trinajstić information content (AvgIpc) is 3.76. The second-order valence-corrected chi connectivity index (χ2v) is 19.7. The van der Waals surface area contributed by atoms with E-state index in [1.165, 1.54) is 16.7 Å². The number of aromatic hydroxyl groups is 2. The minimum Gasteiger partial charge on any atom is -0.508 e. The molecule has 4 aromatic carbocycles. The monoisotopic (exact) mass is 887 g/mol. The quantitative estimate of drug-likeness (QED) is 0.0964. The maximum atomic E-state index is 12.1. The van der Waals surface area contributed by atoms with Crippen molar-refractivity contribution in [3.05, 3.63) is 141 Å². The molecule has 10 nitrogen and oxygen atoms in total. The molecule has 12 rings (SSSR count). The third-order valence-electron chi connectivity index (χ3n) is 15.9. The van der Waals surface area contributed by atoms with Gasteiger partial charge in [0.1, 0.15) is 18.2 Å². The zero-order chi connectivity index (χ0) is 44.9.